The average molecular weight is 294 g/mol. The van der Waals surface area contributed by atoms with E-state index in [1.165, 1.54) is 16.2 Å². The SMILES string of the molecule is CC(C)c1nnsc1-c1nnnn1C1(C(=O)O)CCC1. The van der Waals surface area contributed by atoms with Crippen LogP contribution < -0.4 is 0 Å². The van der Waals surface area contributed by atoms with Crippen LogP contribution >= 0.6 is 11.5 Å². The number of hydrogen-bond donors (Lipinski definition) is 1. The predicted molar refractivity (Wildman–Crippen MR) is 70.3 cm³/mol. The lowest BCUT2D eigenvalue weighted by Gasteiger charge is -2.37. The highest BCUT2D eigenvalue weighted by Crippen LogP contribution is 2.42. The van der Waals surface area contributed by atoms with E-state index in [-0.39, 0.29) is 5.92 Å². The Bertz CT molecular complexity index is 645. The smallest absolute Gasteiger partial charge is 0.331 e. The van der Waals surface area contributed by atoms with Crippen molar-refractivity contribution < 1.29 is 9.90 Å². The maximum Gasteiger partial charge on any atom is 0.331 e. The Balaban J connectivity index is 2.11. The predicted octanol–water partition coefficient (Wildman–Crippen LogP) is 1.28. The summed E-state index contributed by atoms with van der Waals surface area (Å²) in [7, 11) is 0. The number of carbonyl (C=O) groups is 1. The minimum Gasteiger partial charge on any atom is -0.479 e. The number of aliphatic carboxylic acids is 1. The average Bonchev–Trinajstić information content (AvgIpc) is 2.92. The number of hydrogen-bond acceptors (Lipinski definition) is 7. The molecule has 20 heavy (non-hydrogen) atoms. The van der Waals surface area contributed by atoms with Crippen molar-refractivity contribution in [2.24, 2.45) is 0 Å². The highest BCUT2D eigenvalue weighted by Gasteiger charge is 2.49. The largest absolute Gasteiger partial charge is 0.479 e. The first-order chi connectivity index (χ1) is 9.56. The van der Waals surface area contributed by atoms with Crippen LogP contribution in [-0.2, 0) is 10.3 Å². The Labute approximate surface area is 119 Å². The summed E-state index contributed by atoms with van der Waals surface area (Å²) in [6.07, 6.45) is 1.96. The molecule has 0 atom stereocenters. The van der Waals surface area contributed by atoms with Gasteiger partial charge in [0.25, 0.3) is 0 Å². The molecule has 9 heteroatoms. The molecule has 0 radical (unpaired) electrons. The molecule has 0 amide bonds. The van der Waals surface area contributed by atoms with Crippen molar-refractivity contribution in [2.75, 3.05) is 0 Å². The molecule has 0 bridgehead atoms. The summed E-state index contributed by atoms with van der Waals surface area (Å²) < 4.78 is 5.38. The van der Waals surface area contributed by atoms with Crippen molar-refractivity contribution >= 4 is 17.5 Å². The van der Waals surface area contributed by atoms with Gasteiger partial charge in [-0.2, -0.15) is 0 Å². The second-order valence-corrected chi connectivity index (χ2v) is 6.00. The van der Waals surface area contributed by atoms with Crippen LogP contribution in [0.15, 0.2) is 0 Å². The maximum atomic E-state index is 11.6. The minimum atomic E-state index is -1.02. The molecule has 1 N–H and O–H groups in total. The van der Waals surface area contributed by atoms with Gasteiger partial charge < -0.3 is 5.11 Å². The quantitative estimate of drug-likeness (QED) is 0.905. The topological polar surface area (TPSA) is 107 Å². The molecule has 2 aromatic heterocycles. The van der Waals surface area contributed by atoms with Crippen LogP contribution in [0.2, 0.25) is 0 Å². The van der Waals surface area contributed by atoms with Gasteiger partial charge >= 0.3 is 5.97 Å². The minimum absolute atomic E-state index is 0.177. The maximum absolute atomic E-state index is 11.6. The summed E-state index contributed by atoms with van der Waals surface area (Å²) in [5.74, 6) is -0.261. The van der Waals surface area contributed by atoms with Gasteiger partial charge in [0, 0.05) is 0 Å². The molecule has 8 nitrogen and oxygen atoms in total. The summed E-state index contributed by atoms with van der Waals surface area (Å²) in [6.45, 7) is 4.01. The molecule has 0 unspecified atom stereocenters. The summed E-state index contributed by atoms with van der Waals surface area (Å²) in [4.78, 5) is 12.3. The van der Waals surface area contributed by atoms with Gasteiger partial charge in [0.2, 0.25) is 0 Å². The van der Waals surface area contributed by atoms with Crippen LogP contribution in [0.25, 0.3) is 10.7 Å². The third kappa shape index (κ3) is 1.73. The van der Waals surface area contributed by atoms with Crippen LogP contribution in [0.5, 0.6) is 0 Å². The van der Waals surface area contributed by atoms with E-state index < -0.39 is 11.5 Å². The van der Waals surface area contributed by atoms with Gasteiger partial charge in [-0.3, -0.25) is 0 Å². The van der Waals surface area contributed by atoms with Crippen LogP contribution in [0.1, 0.15) is 44.7 Å². The second kappa shape index (κ2) is 4.58. The summed E-state index contributed by atoms with van der Waals surface area (Å²) in [6, 6.07) is 0. The van der Waals surface area contributed by atoms with E-state index in [2.05, 4.69) is 25.1 Å². The van der Waals surface area contributed by atoms with Gasteiger partial charge in [-0.25, -0.2) is 9.48 Å². The highest BCUT2D eigenvalue weighted by molar-refractivity contribution is 7.09. The summed E-state index contributed by atoms with van der Waals surface area (Å²) >= 11 is 1.19. The van der Waals surface area contributed by atoms with Gasteiger partial charge in [-0.05, 0) is 47.1 Å². The number of carboxylic acids is 1. The van der Waals surface area contributed by atoms with Gasteiger partial charge in [-0.15, -0.1) is 10.2 Å². The zero-order valence-corrected chi connectivity index (χ0v) is 12.0. The van der Waals surface area contributed by atoms with E-state index in [1.807, 2.05) is 13.8 Å². The molecule has 0 saturated heterocycles. The van der Waals surface area contributed by atoms with Gasteiger partial charge in [0.05, 0.1) is 5.69 Å². The van der Waals surface area contributed by atoms with Crippen molar-refractivity contribution in [1.29, 1.82) is 0 Å². The van der Waals surface area contributed by atoms with E-state index in [0.717, 1.165) is 17.0 Å². The van der Waals surface area contributed by atoms with Crippen LogP contribution in [0.3, 0.4) is 0 Å². The fourth-order valence-corrected chi connectivity index (χ4v) is 3.16. The number of aromatic nitrogens is 6. The Kier molecular flexibility index (Phi) is 3.00. The third-order valence-electron chi connectivity index (χ3n) is 3.72. The molecular weight excluding hydrogens is 280 g/mol. The molecule has 1 aliphatic carbocycles. The first kappa shape index (κ1) is 13.1. The van der Waals surface area contributed by atoms with E-state index in [0.29, 0.717) is 18.7 Å². The zero-order chi connectivity index (χ0) is 14.3. The lowest BCUT2D eigenvalue weighted by molar-refractivity contribution is -0.153. The molecule has 2 aromatic rings. The Morgan fingerprint density at radius 3 is 2.70 bits per heavy atom. The monoisotopic (exact) mass is 294 g/mol. The first-order valence-corrected chi connectivity index (χ1v) is 7.18. The van der Waals surface area contributed by atoms with Gasteiger partial charge in [0.15, 0.2) is 11.4 Å². The molecular formula is C11H14N6O2S. The molecule has 1 saturated carbocycles. The molecule has 0 aliphatic heterocycles. The van der Waals surface area contributed by atoms with Crippen molar-refractivity contribution in [3.05, 3.63) is 5.69 Å². The van der Waals surface area contributed by atoms with E-state index in [4.69, 9.17) is 0 Å². The van der Waals surface area contributed by atoms with Crippen molar-refractivity contribution in [3.63, 3.8) is 0 Å². The standard InChI is InChI=1S/C11H14N6O2S/c1-6(2)7-8(20-16-12-7)9-13-14-15-17(9)11(10(18)19)4-3-5-11/h6H,3-5H2,1-2H3,(H,18,19). The Hall–Kier alpha value is -1.90. The van der Waals surface area contributed by atoms with Crippen molar-refractivity contribution in [3.8, 4) is 10.7 Å². The number of tetrazole rings is 1. The third-order valence-corrected chi connectivity index (χ3v) is 4.45. The lowest BCUT2D eigenvalue weighted by atomic mass is 9.77. The Morgan fingerprint density at radius 2 is 2.15 bits per heavy atom. The molecule has 106 valence electrons. The Morgan fingerprint density at radius 1 is 1.40 bits per heavy atom. The number of nitrogens with zero attached hydrogens (tertiary/aromatic N) is 6. The molecule has 2 heterocycles. The van der Waals surface area contributed by atoms with Crippen LogP contribution in [0.4, 0.5) is 0 Å². The number of carboxylic acid groups (broad SMARTS) is 1. The van der Waals surface area contributed by atoms with E-state index >= 15 is 0 Å². The van der Waals surface area contributed by atoms with Crippen molar-refractivity contribution in [2.45, 2.75) is 44.6 Å². The highest BCUT2D eigenvalue weighted by atomic mass is 32.1. The second-order valence-electron chi connectivity index (χ2n) is 5.25. The van der Waals surface area contributed by atoms with Crippen LogP contribution in [0, 0.1) is 0 Å². The van der Waals surface area contributed by atoms with Gasteiger partial charge in [0.1, 0.15) is 4.88 Å². The van der Waals surface area contributed by atoms with Gasteiger partial charge in [-0.1, -0.05) is 18.3 Å². The number of rotatable bonds is 4. The fraction of sp³-hybridized carbons (Fsp3) is 0.636. The van der Waals surface area contributed by atoms with Crippen molar-refractivity contribution in [1.82, 2.24) is 29.8 Å². The normalized spacial score (nSPS) is 17.1. The van der Waals surface area contributed by atoms with E-state index in [1.54, 1.807) is 0 Å². The molecule has 3 rings (SSSR count). The molecule has 0 spiro atoms. The summed E-state index contributed by atoms with van der Waals surface area (Å²) in [5, 5.41) is 25.2. The molecule has 0 aromatic carbocycles. The lowest BCUT2D eigenvalue weighted by Crippen LogP contribution is -2.48. The fourth-order valence-electron chi connectivity index (χ4n) is 2.38. The molecule has 1 fully saturated rings. The first-order valence-electron chi connectivity index (χ1n) is 6.41. The van der Waals surface area contributed by atoms with Crippen LogP contribution in [-0.4, -0.2) is 40.9 Å². The molecule has 1 aliphatic rings. The summed E-state index contributed by atoms with van der Waals surface area (Å²) in [5.41, 5.74) is -0.220. The zero-order valence-electron chi connectivity index (χ0n) is 11.1. The van der Waals surface area contributed by atoms with E-state index in [9.17, 15) is 9.90 Å².